The van der Waals surface area contributed by atoms with Crippen LogP contribution < -0.4 is 5.32 Å². The Bertz CT molecular complexity index is 491. The molecule has 2 heterocycles. The van der Waals surface area contributed by atoms with Crippen LogP contribution in [0.4, 0.5) is 0 Å². The fourth-order valence-electron chi connectivity index (χ4n) is 2.00. The van der Waals surface area contributed by atoms with E-state index < -0.39 is 0 Å². The van der Waals surface area contributed by atoms with Crippen molar-refractivity contribution in [1.82, 2.24) is 15.2 Å². The Hall–Kier alpha value is -1.65. The Labute approximate surface area is 120 Å². The molecule has 0 saturated heterocycles. The number of nitrogens with one attached hydrogen (secondary N) is 1. The van der Waals surface area contributed by atoms with Gasteiger partial charge in [-0.3, -0.25) is 9.88 Å². The largest absolute Gasteiger partial charge is 0.472 e. The molecule has 0 aliphatic heterocycles. The van der Waals surface area contributed by atoms with Crippen LogP contribution in [0.1, 0.15) is 30.7 Å². The molecule has 108 valence electrons. The van der Waals surface area contributed by atoms with Crippen LogP contribution in [0.5, 0.6) is 0 Å². The predicted octanol–water partition coefficient (Wildman–Crippen LogP) is 2.80. The first-order valence-corrected chi connectivity index (χ1v) is 7.00. The summed E-state index contributed by atoms with van der Waals surface area (Å²) in [4.78, 5) is 6.74. The summed E-state index contributed by atoms with van der Waals surface area (Å²) in [6, 6.07) is 6.73. The summed E-state index contributed by atoms with van der Waals surface area (Å²) in [7, 11) is 2.09. The van der Waals surface area contributed by atoms with Crippen LogP contribution in [-0.2, 0) is 19.6 Å². The summed E-state index contributed by atoms with van der Waals surface area (Å²) in [6.07, 6.45) is 5.44. The van der Waals surface area contributed by atoms with Crippen LogP contribution in [-0.4, -0.2) is 23.0 Å². The molecule has 1 N–H and O–H groups in total. The zero-order chi connectivity index (χ0) is 14.4. The van der Waals surface area contributed by atoms with Gasteiger partial charge in [-0.2, -0.15) is 0 Å². The molecule has 2 aromatic heterocycles. The van der Waals surface area contributed by atoms with Gasteiger partial charge >= 0.3 is 0 Å². The van der Waals surface area contributed by atoms with Crippen LogP contribution in [0.2, 0.25) is 0 Å². The highest BCUT2D eigenvalue weighted by Crippen LogP contribution is 2.08. The van der Waals surface area contributed by atoms with E-state index in [1.807, 2.05) is 12.3 Å². The van der Waals surface area contributed by atoms with Crippen molar-refractivity contribution in [3.8, 4) is 0 Å². The highest BCUT2D eigenvalue weighted by Gasteiger charge is 2.04. The molecule has 20 heavy (non-hydrogen) atoms. The second-order valence-corrected chi connectivity index (χ2v) is 5.50. The maximum Gasteiger partial charge on any atom is 0.0947 e. The molecule has 4 heteroatoms. The van der Waals surface area contributed by atoms with Gasteiger partial charge in [-0.15, -0.1) is 0 Å². The van der Waals surface area contributed by atoms with Crippen LogP contribution >= 0.6 is 0 Å². The van der Waals surface area contributed by atoms with Crippen molar-refractivity contribution < 1.29 is 4.42 Å². The topological polar surface area (TPSA) is 41.3 Å². The van der Waals surface area contributed by atoms with Crippen molar-refractivity contribution in [2.24, 2.45) is 0 Å². The molecule has 0 saturated carbocycles. The highest BCUT2D eigenvalue weighted by molar-refractivity contribution is 5.14. The van der Waals surface area contributed by atoms with Crippen molar-refractivity contribution in [1.29, 1.82) is 0 Å². The normalized spacial score (nSPS) is 11.4. The summed E-state index contributed by atoms with van der Waals surface area (Å²) in [5.41, 5.74) is 3.49. The molecule has 0 amide bonds. The minimum Gasteiger partial charge on any atom is -0.472 e. The quantitative estimate of drug-likeness (QED) is 0.842. The average molecular weight is 273 g/mol. The SMILES string of the molecule is CC(C)NCc1ccc(CN(C)Cc2ccoc2)nc1. The van der Waals surface area contributed by atoms with Gasteiger partial charge in [0.1, 0.15) is 0 Å². The summed E-state index contributed by atoms with van der Waals surface area (Å²) in [5, 5.41) is 3.39. The minimum absolute atomic E-state index is 0.496. The van der Waals surface area contributed by atoms with Gasteiger partial charge in [0.05, 0.1) is 18.2 Å². The Morgan fingerprint density at radius 2 is 2.05 bits per heavy atom. The smallest absolute Gasteiger partial charge is 0.0947 e. The highest BCUT2D eigenvalue weighted by atomic mass is 16.3. The lowest BCUT2D eigenvalue weighted by molar-refractivity contribution is 0.314. The fraction of sp³-hybridized carbons (Fsp3) is 0.438. The van der Waals surface area contributed by atoms with E-state index in [9.17, 15) is 0 Å². The standard InChI is InChI=1S/C16H23N3O/c1-13(2)17-8-14-4-5-16(18-9-14)11-19(3)10-15-6-7-20-12-15/h4-7,9,12-13,17H,8,10-11H2,1-3H3. The maximum atomic E-state index is 5.08. The lowest BCUT2D eigenvalue weighted by Crippen LogP contribution is -2.22. The lowest BCUT2D eigenvalue weighted by Gasteiger charge is -2.15. The third kappa shape index (κ3) is 4.79. The van der Waals surface area contributed by atoms with Gasteiger partial charge in [0.25, 0.3) is 0 Å². The number of pyridine rings is 1. The van der Waals surface area contributed by atoms with Crippen molar-refractivity contribution in [2.75, 3.05) is 7.05 Å². The third-order valence-corrected chi connectivity index (χ3v) is 3.06. The summed E-state index contributed by atoms with van der Waals surface area (Å²) in [5.74, 6) is 0. The molecule has 0 atom stereocenters. The third-order valence-electron chi connectivity index (χ3n) is 3.06. The molecule has 0 radical (unpaired) electrons. The molecule has 4 nitrogen and oxygen atoms in total. The minimum atomic E-state index is 0.496. The molecule has 0 bridgehead atoms. The van der Waals surface area contributed by atoms with E-state index in [0.717, 1.165) is 25.3 Å². The molecular weight excluding hydrogens is 250 g/mol. The van der Waals surface area contributed by atoms with Gasteiger partial charge in [-0.25, -0.2) is 0 Å². The van der Waals surface area contributed by atoms with Crippen LogP contribution in [0.25, 0.3) is 0 Å². The second-order valence-electron chi connectivity index (χ2n) is 5.50. The van der Waals surface area contributed by atoms with E-state index in [0.29, 0.717) is 6.04 Å². The fourth-order valence-corrected chi connectivity index (χ4v) is 2.00. The Morgan fingerprint density at radius 3 is 2.65 bits per heavy atom. The van der Waals surface area contributed by atoms with Crippen molar-refractivity contribution >= 4 is 0 Å². The van der Waals surface area contributed by atoms with Crippen molar-refractivity contribution in [3.05, 3.63) is 53.7 Å². The number of furan rings is 1. The van der Waals surface area contributed by atoms with E-state index in [1.165, 1.54) is 11.1 Å². The van der Waals surface area contributed by atoms with Gasteiger partial charge in [0, 0.05) is 37.4 Å². The number of nitrogens with zero attached hydrogens (tertiary/aromatic N) is 2. The number of rotatable bonds is 7. The van der Waals surface area contributed by atoms with E-state index in [1.54, 1.807) is 12.5 Å². The molecule has 0 spiro atoms. The second kappa shape index (κ2) is 7.22. The Kier molecular flexibility index (Phi) is 5.32. The first-order chi connectivity index (χ1) is 9.63. The molecule has 0 aliphatic carbocycles. The van der Waals surface area contributed by atoms with Crippen molar-refractivity contribution in [2.45, 2.75) is 39.5 Å². The van der Waals surface area contributed by atoms with Crippen molar-refractivity contribution in [3.63, 3.8) is 0 Å². The van der Waals surface area contributed by atoms with Crippen LogP contribution in [0.3, 0.4) is 0 Å². The first-order valence-electron chi connectivity index (χ1n) is 7.00. The van der Waals surface area contributed by atoms with E-state index in [4.69, 9.17) is 4.42 Å². The summed E-state index contributed by atoms with van der Waals surface area (Å²) < 4.78 is 5.08. The van der Waals surface area contributed by atoms with Gasteiger partial charge in [-0.05, 0) is 24.7 Å². The van der Waals surface area contributed by atoms with E-state index in [-0.39, 0.29) is 0 Å². The summed E-state index contributed by atoms with van der Waals surface area (Å²) >= 11 is 0. The van der Waals surface area contributed by atoms with Gasteiger partial charge in [0.2, 0.25) is 0 Å². The first kappa shape index (κ1) is 14.8. The average Bonchev–Trinajstić information content (AvgIpc) is 2.90. The molecule has 0 fully saturated rings. The van der Waals surface area contributed by atoms with Gasteiger partial charge in [0.15, 0.2) is 0 Å². The Balaban J connectivity index is 1.83. The van der Waals surface area contributed by atoms with Gasteiger partial charge in [-0.1, -0.05) is 19.9 Å². The number of aromatic nitrogens is 1. The molecule has 2 aromatic rings. The Morgan fingerprint density at radius 1 is 1.20 bits per heavy atom. The predicted molar refractivity (Wildman–Crippen MR) is 80.1 cm³/mol. The molecular formula is C16H23N3O. The molecule has 2 rings (SSSR count). The van der Waals surface area contributed by atoms with Gasteiger partial charge < -0.3 is 9.73 Å². The molecule has 0 aliphatic rings. The molecule has 0 unspecified atom stereocenters. The maximum absolute atomic E-state index is 5.08. The summed E-state index contributed by atoms with van der Waals surface area (Å²) in [6.45, 7) is 6.87. The zero-order valence-corrected chi connectivity index (χ0v) is 12.5. The van der Waals surface area contributed by atoms with Crippen LogP contribution in [0, 0.1) is 0 Å². The number of hydrogen-bond acceptors (Lipinski definition) is 4. The zero-order valence-electron chi connectivity index (χ0n) is 12.5. The van der Waals surface area contributed by atoms with E-state index >= 15 is 0 Å². The van der Waals surface area contributed by atoms with E-state index in [2.05, 4.69) is 48.2 Å². The molecule has 0 aromatic carbocycles. The monoisotopic (exact) mass is 273 g/mol. The number of hydrogen-bond donors (Lipinski definition) is 1. The lowest BCUT2D eigenvalue weighted by atomic mass is 10.2. The van der Waals surface area contributed by atoms with Crippen LogP contribution in [0.15, 0.2) is 41.3 Å².